The normalized spacial score (nSPS) is 15.1. The Hall–Kier alpha value is -2.62. The van der Waals surface area contributed by atoms with Gasteiger partial charge in [-0.3, -0.25) is 4.79 Å². The highest BCUT2D eigenvalue weighted by Gasteiger charge is 2.26. The van der Waals surface area contributed by atoms with Gasteiger partial charge in [-0.05, 0) is 55.7 Å². The number of ether oxygens (including phenoxy) is 1. The van der Waals surface area contributed by atoms with E-state index in [0.29, 0.717) is 18.7 Å². The van der Waals surface area contributed by atoms with Crippen LogP contribution in [0.5, 0.6) is 5.75 Å². The molecule has 2 aromatic rings. The van der Waals surface area contributed by atoms with E-state index in [1.165, 1.54) is 34.6 Å². The molecule has 0 aromatic heterocycles. The number of rotatable bonds is 6. The molecule has 8 nitrogen and oxygen atoms in total. The van der Waals surface area contributed by atoms with E-state index >= 15 is 0 Å². The Bertz CT molecular complexity index is 1110. The number of esters is 1. The van der Waals surface area contributed by atoms with Gasteiger partial charge in [0, 0.05) is 13.1 Å². The maximum Gasteiger partial charge on any atom is 0.338 e. The zero-order chi connectivity index (χ0) is 23.3. The van der Waals surface area contributed by atoms with Gasteiger partial charge >= 0.3 is 5.97 Å². The summed E-state index contributed by atoms with van der Waals surface area (Å²) in [6.45, 7) is 1.99. The topological polar surface area (TPSA) is 113 Å². The van der Waals surface area contributed by atoms with Crippen LogP contribution in [0.2, 0.25) is 5.02 Å². The first-order chi connectivity index (χ1) is 15.2. The van der Waals surface area contributed by atoms with Crippen LogP contribution in [0.25, 0.3) is 0 Å². The third kappa shape index (κ3) is 5.79. The van der Waals surface area contributed by atoms with Gasteiger partial charge in [0.2, 0.25) is 10.0 Å². The number of amides is 1. The van der Waals surface area contributed by atoms with Gasteiger partial charge in [0.1, 0.15) is 5.75 Å². The number of halogens is 1. The lowest BCUT2D eigenvalue weighted by Gasteiger charge is -2.20. The molecule has 172 valence electrons. The van der Waals surface area contributed by atoms with Gasteiger partial charge in [-0.25, -0.2) is 13.2 Å². The summed E-state index contributed by atoms with van der Waals surface area (Å²) in [5.74, 6) is -1.52. The fraction of sp³-hybridized carbons (Fsp3) is 0.364. The average Bonchev–Trinajstić information content (AvgIpc) is 3.05. The smallest absolute Gasteiger partial charge is 0.338 e. The molecule has 2 N–H and O–H groups in total. The largest absolute Gasteiger partial charge is 0.508 e. The Morgan fingerprint density at radius 2 is 1.78 bits per heavy atom. The molecule has 1 aliphatic heterocycles. The summed E-state index contributed by atoms with van der Waals surface area (Å²) in [6.07, 6.45) is 3.60. The van der Waals surface area contributed by atoms with Crippen molar-refractivity contribution in [2.24, 2.45) is 0 Å². The summed E-state index contributed by atoms with van der Waals surface area (Å²) >= 11 is 6.13. The maximum absolute atomic E-state index is 13.0. The molecule has 0 unspecified atom stereocenters. The predicted octanol–water partition coefficient (Wildman–Crippen LogP) is 3.71. The summed E-state index contributed by atoms with van der Waals surface area (Å²) in [6, 6.07) is 8.40. The second kappa shape index (κ2) is 10.3. The first kappa shape index (κ1) is 24.0. The van der Waals surface area contributed by atoms with Crippen LogP contribution in [-0.4, -0.2) is 49.4 Å². The number of hydrogen-bond acceptors (Lipinski definition) is 6. The van der Waals surface area contributed by atoms with E-state index in [1.807, 2.05) is 0 Å². The van der Waals surface area contributed by atoms with Crippen molar-refractivity contribution in [1.82, 2.24) is 4.31 Å². The SMILES string of the molecule is Cc1ccc(C(=O)OCC(=O)Nc2cc(S(=O)(=O)N3CCCCCC3)ccc2Cl)cc1O. The monoisotopic (exact) mass is 480 g/mol. The van der Waals surface area contributed by atoms with Gasteiger partial charge in [-0.2, -0.15) is 4.31 Å². The minimum Gasteiger partial charge on any atom is -0.508 e. The van der Waals surface area contributed by atoms with Gasteiger partial charge in [0.25, 0.3) is 5.91 Å². The zero-order valence-corrected chi connectivity index (χ0v) is 19.2. The molecule has 10 heteroatoms. The van der Waals surface area contributed by atoms with Crippen molar-refractivity contribution in [1.29, 1.82) is 0 Å². The number of hydrogen-bond donors (Lipinski definition) is 2. The van der Waals surface area contributed by atoms with Crippen LogP contribution in [0.1, 0.15) is 41.6 Å². The first-order valence-corrected chi connectivity index (χ1v) is 12.1. The quantitative estimate of drug-likeness (QED) is 0.609. The third-order valence-electron chi connectivity index (χ3n) is 5.19. The van der Waals surface area contributed by atoms with Crippen molar-refractivity contribution in [2.45, 2.75) is 37.5 Å². The minimum absolute atomic E-state index is 0.0335. The van der Waals surface area contributed by atoms with Crippen molar-refractivity contribution in [3.05, 3.63) is 52.5 Å². The van der Waals surface area contributed by atoms with E-state index in [4.69, 9.17) is 16.3 Å². The van der Waals surface area contributed by atoms with Crippen molar-refractivity contribution >= 4 is 39.2 Å². The number of aryl methyl sites for hydroxylation is 1. The fourth-order valence-electron chi connectivity index (χ4n) is 3.33. The van der Waals surface area contributed by atoms with E-state index < -0.39 is 28.5 Å². The number of benzene rings is 2. The summed E-state index contributed by atoms with van der Waals surface area (Å²) in [4.78, 5) is 24.4. The Morgan fingerprint density at radius 1 is 1.09 bits per heavy atom. The zero-order valence-electron chi connectivity index (χ0n) is 17.6. The molecular formula is C22H25ClN2O6S. The molecule has 2 aromatic carbocycles. The molecule has 1 saturated heterocycles. The van der Waals surface area contributed by atoms with Gasteiger partial charge < -0.3 is 15.2 Å². The number of phenols is 1. The summed E-state index contributed by atoms with van der Waals surface area (Å²) < 4.78 is 32.4. The second-order valence-corrected chi connectivity index (χ2v) is 9.93. The Kier molecular flexibility index (Phi) is 7.76. The van der Waals surface area contributed by atoms with E-state index in [0.717, 1.165) is 25.7 Å². The van der Waals surface area contributed by atoms with Gasteiger partial charge in [0.05, 0.1) is 21.2 Å². The van der Waals surface area contributed by atoms with Crippen LogP contribution in [0.4, 0.5) is 5.69 Å². The molecule has 0 bridgehead atoms. The summed E-state index contributed by atoms with van der Waals surface area (Å²) in [7, 11) is -3.72. The molecule has 0 atom stereocenters. The molecule has 0 radical (unpaired) electrons. The van der Waals surface area contributed by atoms with Crippen LogP contribution >= 0.6 is 11.6 Å². The Balaban J connectivity index is 1.67. The molecule has 1 heterocycles. The van der Waals surface area contributed by atoms with E-state index in [9.17, 15) is 23.1 Å². The lowest BCUT2D eigenvalue weighted by atomic mass is 10.1. The molecule has 3 rings (SSSR count). The van der Waals surface area contributed by atoms with Crippen LogP contribution in [0.15, 0.2) is 41.3 Å². The molecule has 0 spiro atoms. The van der Waals surface area contributed by atoms with E-state index in [1.54, 1.807) is 13.0 Å². The van der Waals surface area contributed by atoms with Crippen LogP contribution in [-0.2, 0) is 19.6 Å². The second-order valence-electron chi connectivity index (χ2n) is 7.59. The van der Waals surface area contributed by atoms with Gasteiger partial charge in [-0.15, -0.1) is 0 Å². The number of nitrogens with zero attached hydrogens (tertiary/aromatic N) is 1. The highest BCUT2D eigenvalue weighted by Crippen LogP contribution is 2.28. The van der Waals surface area contributed by atoms with Crippen LogP contribution < -0.4 is 5.32 Å². The predicted molar refractivity (Wildman–Crippen MR) is 120 cm³/mol. The highest BCUT2D eigenvalue weighted by atomic mass is 35.5. The molecule has 0 aliphatic carbocycles. The summed E-state index contributed by atoms with van der Waals surface area (Å²) in [5, 5.41) is 12.3. The number of anilines is 1. The fourth-order valence-corrected chi connectivity index (χ4v) is 5.04. The standard InChI is InChI=1S/C22H25ClN2O6S/c1-15-6-7-16(12-20(15)26)22(28)31-14-21(27)24-19-13-17(8-9-18(19)23)32(29,30)25-10-4-2-3-5-11-25/h6-9,12-13,26H,2-5,10-11,14H2,1H3,(H,24,27). The van der Waals surface area contributed by atoms with Gasteiger partial charge in [-0.1, -0.05) is 30.5 Å². The van der Waals surface area contributed by atoms with Crippen molar-refractivity contribution in [2.75, 3.05) is 25.0 Å². The molecule has 0 saturated carbocycles. The highest BCUT2D eigenvalue weighted by molar-refractivity contribution is 7.89. The summed E-state index contributed by atoms with van der Waals surface area (Å²) in [5.41, 5.74) is 0.810. The van der Waals surface area contributed by atoms with E-state index in [-0.39, 0.29) is 26.9 Å². The molecule has 32 heavy (non-hydrogen) atoms. The number of nitrogens with one attached hydrogen (secondary N) is 1. The Morgan fingerprint density at radius 3 is 2.44 bits per heavy atom. The van der Waals surface area contributed by atoms with Crippen molar-refractivity contribution < 1.29 is 27.9 Å². The maximum atomic E-state index is 13.0. The molecular weight excluding hydrogens is 456 g/mol. The minimum atomic E-state index is -3.72. The van der Waals surface area contributed by atoms with Gasteiger partial charge in [0.15, 0.2) is 6.61 Å². The number of sulfonamides is 1. The first-order valence-electron chi connectivity index (χ1n) is 10.2. The number of phenolic OH excluding ortho intramolecular Hbond substituents is 1. The lowest BCUT2D eigenvalue weighted by molar-refractivity contribution is -0.119. The molecule has 1 aliphatic rings. The lowest BCUT2D eigenvalue weighted by Crippen LogP contribution is -2.32. The number of aromatic hydroxyl groups is 1. The Labute approximate surface area is 192 Å². The van der Waals surface area contributed by atoms with E-state index in [2.05, 4.69) is 5.32 Å². The average molecular weight is 481 g/mol. The molecule has 1 fully saturated rings. The van der Waals surface area contributed by atoms with Crippen molar-refractivity contribution in [3.63, 3.8) is 0 Å². The number of carbonyl (C=O) groups is 2. The van der Waals surface area contributed by atoms with Crippen molar-refractivity contribution in [3.8, 4) is 5.75 Å². The van der Waals surface area contributed by atoms with Crippen LogP contribution in [0.3, 0.4) is 0 Å². The molecule has 1 amide bonds. The van der Waals surface area contributed by atoms with Crippen LogP contribution in [0, 0.1) is 6.92 Å². The number of carbonyl (C=O) groups excluding carboxylic acids is 2. The third-order valence-corrected chi connectivity index (χ3v) is 7.42.